The van der Waals surface area contributed by atoms with Crippen LogP contribution in [0.25, 0.3) is 10.1 Å². The normalized spacial score (nSPS) is 10.3. The fourth-order valence-corrected chi connectivity index (χ4v) is 2.88. The molecule has 0 aliphatic carbocycles. The number of nitrogens with one attached hydrogen (secondary N) is 2. The molecule has 0 atom stereocenters. The Morgan fingerprint density at radius 2 is 2.00 bits per heavy atom. The van der Waals surface area contributed by atoms with Gasteiger partial charge in [-0.25, -0.2) is 4.98 Å². The highest BCUT2D eigenvalue weighted by Crippen LogP contribution is 2.25. The zero-order valence-electron chi connectivity index (χ0n) is 11.9. The minimum atomic E-state index is 0.615. The Balaban J connectivity index is 1.47. The molecule has 2 N–H and O–H groups in total. The summed E-state index contributed by atoms with van der Waals surface area (Å²) < 4.78 is 5.63. The lowest BCUT2D eigenvalue weighted by molar-refractivity contribution is 0.902. The molecule has 0 amide bonds. The lowest BCUT2D eigenvalue weighted by Gasteiger charge is -2.06. The van der Waals surface area contributed by atoms with Crippen molar-refractivity contribution in [3.8, 4) is 6.07 Å². The van der Waals surface area contributed by atoms with Gasteiger partial charge in [-0.05, 0) is 42.2 Å². The molecular formula is C16H15N5S. The first kappa shape index (κ1) is 14.3. The summed E-state index contributed by atoms with van der Waals surface area (Å²) in [5.74, 6) is 1.68. The van der Waals surface area contributed by atoms with E-state index >= 15 is 0 Å². The number of nitrogens with zero attached hydrogens (tertiary/aromatic N) is 3. The number of hydrogen-bond acceptors (Lipinski definition) is 6. The van der Waals surface area contributed by atoms with E-state index < -0.39 is 0 Å². The summed E-state index contributed by atoms with van der Waals surface area (Å²) in [6.45, 7) is 1.62. The van der Waals surface area contributed by atoms with Crippen molar-refractivity contribution in [2.75, 3.05) is 23.7 Å². The molecule has 6 heteroatoms. The smallest absolute Gasteiger partial charge is 0.147 e. The molecule has 5 nitrogen and oxygen atoms in total. The molecule has 110 valence electrons. The number of nitriles is 1. The summed E-state index contributed by atoms with van der Waals surface area (Å²) in [5, 5.41) is 16.6. The molecule has 2 aromatic heterocycles. The molecule has 0 unspecified atom stereocenters. The highest BCUT2D eigenvalue weighted by atomic mass is 32.1. The van der Waals surface area contributed by atoms with Gasteiger partial charge in [-0.3, -0.25) is 0 Å². The van der Waals surface area contributed by atoms with Crippen molar-refractivity contribution in [3.05, 3.63) is 48.2 Å². The average molecular weight is 309 g/mol. The SMILES string of the molecule is N#Cc1ccnc(NCCCNc2nsc3ccccc23)c1. The van der Waals surface area contributed by atoms with Gasteiger partial charge in [0.1, 0.15) is 11.6 Å². The third kappa shape index (κ3) is 3.32. The molecule has 0 aliphatic rings. The lowest BCUT2D eigenvalue weighted by Crippen LogP contribution is -2.10. The maximum atomic E-state index is 8.84. The summed E-state index contributed by atoms with van der Waals surface area (Å²) in [7, 11) is 0. The molecule has 0 bridgehead atoms. The predicted octanol–water partition coefficient (Wildman–Crippen LogP) is 3.48. The van der Waals surface area contributed by atoms with Gasteiger partial charge in [0.05, 0.1) is 16.3 Å². The van der Waals surface area contributed by atoms with Crippen LogP contribution < -0.4 is 10.6 Å². The molecule has 0 fully saturated rings. The zero-order valence-corrected chi connectivity index (χ0v) is 12.7. The number of anilines is 2. The first-order valence-electron chi connectivity index (χ1n) is 7.05. The number of rotatable bonds is 6. The first-order chi connectivity index (χ1) is 10.9. The molecule has 2 heterocycles. The van der Waals surface area contributed by atoms with Gasteiger partial charge in [-0.1, -0.05) is 12.1 Å². The van der Waals surface area contributed by atoms with E-state index in [9.17, 15) is 0 Å². The second-order valence-electron chi connectivity index (χ2n) is 4.78. The van der Waals surface area contributed by atoms with Crippen LogP contribution >= 0.6 is 11.5 Å². The summed E-state index contributed by atoms with van der Waals surface area (Å²) in [5.41, 5.74) is 0.615. The topological polar surface area (TPSA) is 73.6 Å². The van der Waals surface area contributed by atoms with Crippen molar-refractivity contribution in [3.63, 3.8) is 0 Å². The Kier molecular flexibility index (Phi) is 4.47. The minimum absolute atomic E-state index is 0.615. The van der Waals surface area contributed by atoms with Crippen LogP contribution in [0.15, 0.2) is 42.6 Å². The maximum Gasteiger partial charge on any atom is 0.147 e. The standard InChI is InChI=1S/C16H15N5S/c17-11-12-6-9-19-15(10-12)18-7-3-8-20-16-13-4-1-2-5-14(13)22-21-16/h1-2,4-6,9-10H,3,7-8H2,(H,18,19)(H,20,21). The van der Waals surface area contributed by atoms with E-state index in [0.717, 1.165) is 31.1 Å². The van der Waals surface area contributed by atoms with E-state index in [1.165, 1.54) is 21.6 Å². The van der Waals surface area contributed by atoms with Crippen molar-refractivity contribution in [2.24, 2.45) is 0 Å². The third-order valence-corrected chi connectivity index (χ3v) is 4.05. The summed E-state index contributed by atoms with van der Waals surface area (Å²) in [4.78, 5) is 4.18. The van der Waals surface area contributed by atoms with E-state index in [0.29, 0.717) is 5.56 Å². The fourth-order valence-electron chi connectivity index (χ4n) is 2.12. The van der Waals surface area contributed by atoms with Crippen molar-refractivity contribution in [1.29, 1.82) is 5.26 Å². The minimum Gasteiger partial charge on any atom is -0.370 e. The second kappa shape index (κ2) is 6.87. The van der Waals surface area contributed by atoms with Crippen LogP contribution in [0.5, 0.6) is 0 Å². The average Bonchev–Trinajstić information content (AvgIpc) is 2.98. The van der Waals surface area contributed by atoms with Crippen LogP contribution in [0.2, 0.25) is 0 Å². The Hall–Kier alpha value is -2.65. The molecule has 0 saturated heterocycles. The lowest BCUT2D eigenvalue weighted by atomic mass is 10.2. The van der Waals surface area contributed by atoms with E-state index in [1.54, 1.807) is 18.3 Å². The van der Waals surface area contributed by atoms with Gasteiger partial charge in [0.25, 0.3) is 0 Å². The summed E-state index contributed by atoms with van der Waals surface area (Å²) in [6.07, 6.45) is 2.57. The van der Waals surface area contributed by atoms with Crippen molar-refractivity contribution in [1.82, 2.24) is 9.36 Å². The van der Waals surface area contributed by atoms with Gasteiger partial charge in [0.15, 0.2) is 0 Å². The third-order valence-electron chi connectivity index (χ3n) is 3.22. The molecule has 0 saturated carbocycles. The van der Waals surface area contributed by atoms with Crippen LogP contribution in [0.3, 0.4) is 0 Å². The molecule has 0 aliphatic heterocycles. The quantitative estimate of drug-likeness (QED) is 0.682. The van der Waals surface area contributed by atoms with Crippen molar-refractivity contribution in [2.45, 2.75) is 6.42 Å². The number of fused-ring (bicyclic) bond motifs is 1. The van der Waals surface area contributed by atoms with E-state index in [-0.39, 0.29) is 0 Å². The molecular weight excluding hydrogens is 294 g/mol. The summed E-state index contributed by atoms with van der Waals surface area (Å²) in [6, 6.07) is 13.8. The van der Waals surface area contributed by atoms with Gasteiger partial charge in [0.2, 0.25) is 0 Å². The maximum absolute atomic E-state index is 8.84. The van der Waals surface area contributed by atoms with E-state index in [2.05, 4.69) is 38.2 Å². The predicted molar refractivity (Wildman–Crippen MR) is 90.2 cm³/mol. The molecule has 1 aromatic carbocycles. The Bertz CT molecular complexity index is 805. The number of aromatic nitrogens is 2. The van der Waals surface area contributed by atoms with Gasteiger partial charge < -0.3 is 10.6 Å². The fraction of sp³-hybridized carbons (Fsp3) is 0.188. The second-order valence-corrected chi connectivity index (χ2v) is 5.58. The highest BCUT2D eigenvalue weighted by Gasteiger charge is 2.03. The van der Waals surface area contributed by atoms with Gasteiger partial charge in [-0.15, -0.1) is 0 Å². The van der Waals surface area contributed by atoms with Crippen LogP contribution in [-0.2, 0) is 0 Å². The Morgan fingerprint density at radius 3 is 2.91 bits per heavy atom. The number of hydrogen-bond donors (Lipinski definition) is 2. The number of benzene rings is 1. The molecule has 3 rings (SSSR count). The van der Waals surface area contributed by atoms with Gasteiger partial charge in [0, 0.05) is 24.7 Å². The van der Waals surface area contributed by atoms with Gasteiger partial charge in [-0.2, -0.15) is 9.64 Å². The van der Waals surface area contributed by atoms with Gasteiger partial charge >= 0.3 is 0 Å². The van der Waals surface area contributed by atoms with Crippen molar-refractivity contribution >= 4 is 33.3 Å². The van der Waals surface area contributed by atoms with Crippen LogP contribution in [0.4, 0.5) is 11.6 Å². The molecule has 22 heavy (non-hydrogen) atoms. The zero-order chi connectivity index (χ0) is 15.2. The summed E-state index contributed by atoms with van der Waals surface area (Å²) >= 11 is 1.51. The van der Waals surface area contributed by atoms with Crippen LogP contribution in [-0.4, -0.2) is 22.4 Å². The Morgan fingerprint density at radius 1 is 1.14 bits per heavy atom. The van der Waals surface area contributed by atoms with E-state index in [4.69, 9.17) is 5.26 Å². The Labute approximate surface area is 132 Å². The van der Waals surface area contributed by atoms with Crippen molar-refractivity contribution < 1.29 is 0 Å². The largest absolute Gasteiger partial charge is 0.370 e. The molecule has 0 radical (unpaired) electrons. The highest BCUT2D eigenvalue weighted by molar-refractivity contribution is 7.13. The van der Waals surface area contributed by atoms with Crippen LogP contribution in [0, 0.1) is 11.3 Å². The molecule has 0 spiro atoms. The molecule has 3 aromatic rings. The van der Waals surface area contributed by atoms with E-state index in [1.807, 2.05) is 12.1 Å². The van der Waals surface area contributed by atoms with Crippen LogP contribution in [0.1, 0.15) is 12.0 Å². The monoisotopic (exact) mass is 309 g/mol. The number of pyridine rings is 1. The first-order valence-corrected chi connectivity index (χ1v) is 7.82.